The highest BCUT2D eigenvalue weighted by Crippen LogP contribution is 2.37. The van der Waals surface area contributed by atoms with Crippen molar-refractivity contribution in [1.82, 2.24) is 4.98 Å². The molecule has 37 heavy (non-hydrogen) atoms. The molecule has 0 spiro atoms. The van der Waals surface area contributed by atoms with Gasteiger partial charge in [-0.05, 0) is 68.2 Å². The summed E-state index contributed by atoms with van der Waals surface area (Å²) in [6, 6.07) is 14.1. The first-order chi connectivity index (χ1) is 17.9. The number of ketones is 1. The minimum atomic E-state index is -0.331. The fourth-order valence-corrected chi connectivity index (χ4v) is 4.88. The monoisotopic (exact) mass is 497 g/mol. The van der Waals surface area contributed by atoms with Crippen LogP contribution < -0.4 is 10.6 Å². The number of ether oxygens (including phenoxy) is 1. The molecule has 1 aliphatic heterocycles. The van der Waals surface area contributed by atoms with Crippen molar-refractivity contribution in [2.75, 3.05) is 17.2 Å². The Hall–Kier alpha value is -4.46. The normalized spacial score (nSPS) is 15.2. The van der Waals surface area contributed by atoms with Crippen molar-refractivity contribution in [2.24, 2.45) is 0 Å². The molecular formula is C29H27N3O5. The minimum absolute atomic E-state index is 0.0446. The lowest BCUT2D eigenvalue weighted by molar-refractivity contribution is -0.143. The molecular weight excluding hydrogens is 470 g/mol. The highest BCUT2D eigenvalue weighted by Gasteiger charge is 2.29. The molecule has 1 aliphatic carbocycles. The first kappa shape index (κ1) is 24.2. The van der Waals surface area contributed by atoms with Crippen molar-refractivity contribution in [3.05, 3.63) is 82.2 Å². The molecule has 5 rings (SSSR count). The molecule has 0 bridgehead atoms. The quantitative estimate of drug-likeness (QED) is 0.321. The van der Waals surface area contributed by atoms with E-state index in [0.29, 0.717) is 58.8 Å². The van der Waals surface area contributed by atoms with Gasteiger partial charge in [0.25, 0.3) is 11.8 Å². The van der Waals surface area contributed by atoms with Gasteiger partial charge < -0.3 is 20.4 Å². The molecule has 2 amide bonds. The van der Waals surface area contributed by atoms with E-state index in [1.54, 1.807) is 55.5 Å². The molecule has 3 aromatic rings. The summed E-state index contributed by atoms with van der Waals surface area (Å²) in [5.41, 5.74) is 5.61. The van der Waals surface area contributed by atoms with Crippen LogP contribution in [0.15, 0.2) is 48.5 Å². The first-order valence-electron chi connectivity index (χ1n) is 12.4. The van der Waals surface area contributed by atoms with Crippen molar-refractivity contribution in [1.29, 1.82) is 0 Å². The Morgan fingerprint density at radius 2 is 1.89 bits per heavy atom. The zero-order valence-corrected chi connectivity index (χ0v) is 20.5. The molecule has 3 N–H and O–H groups in total. The number of nitrogens with one attached hydrogen (secondary N) is 3. The number of aromatic nitrogens is 1. The van der Waals surface area contributed by atoms with Crippen LogP contribution >= 0.6 is 0 Å². The molecule has 2 heterocycles. The zero-order valence-electron chi connectivity index (χ0n) is 20.5. The van der Waals surface area contributed by atoms with Gasteiger partial charge in [-0.1, -0.05) is 18.2 Å². The van der Waals surface area contributed by atoms with E-state index in [9.17, 15) is 19.2 Å². The fourth-order valence-electron chi connectivity index (χ4n) is 4.88. The van der Waals surface area contributed by atoms with Gasteiger partial charge in [0.2, 0.25) is 0 Å². The molecule has 2 aromatic carbocycles. The van der Waals surface area contributed by atoms with Crippen LogP contribution in [0.3, 0.4) is 0 Å². The molecule has 2 aliphatic rings. The van der Waals surface area contributed by atoms with Crippen LogP contribution in [0.2, 0.25) is 0 Å². The van der Waals surface area contributed by atoms with E-state index in [2.05, 4.69) is 15.6 Å². The highest BCUT2D eigenvalue weighted by molar-refractivity contribution is 6.35. The van der Waals surface area contributed by atoms with E-state index in [1.165, 1.54) is 0 Å². The van der Waals surface area contributed by atoms with Gasteiger partial charge in [0.15, 0.2) is 5.78 Å². The minimum Gasteiger partial charge on any atom is -0.466 e. The van der Waals surface area contributed by atoms with Gasteiger partial charge in [0.1, 0.15) is 0 Å². The molecule has 8 nitrogen and oxygen atoms in total. The molecule has 0 saturated carbocycles. The maximum Gasteiger partial charge on any atom is 0.306 e. The summed E-state index contributed by atoms with van der Waals surface area (Å²) in [4.78, 5) is 53.7. The van der Waals surface area contributed by atoms with Crippen molar-refractivity contribution >= 4 is 46.6 Å². The zero-order chi connectivity index (χ0) is 25.9. The van der Waals surface area contributed by atoms with Crippen LogP contribution in [-0.4, -0.2) is 35.2 Å². The van der Waals surface area contributed by atoms with E-state index >= 15 is 0 Å². The predicted octanol–water partition coefficient (Wildman–Crippen LogP) is 4.77. The van der Waals surface area contributed by atoms with Crippen LogP contribution in [0, 0.1) is 0 Å². The van der Waals surface area contributed by atoms with Gasteiger partial charge in [-0.25, -0.2) is 0 Å². The molecule has 0 unspecified atom stereocenters. The average Bonchev–Trinajstić information content (AvgIpc) is 3.41. The van der Waals surface area contributed by atoms with Gasteiger partial charge in [0, 0.05) is 52.3 Å². The number of hydrogen-bond donors (Lipinski definition) is 3. The van der Waals surface area contributed by atoms with E-state index < -0.39 is 0 Å². The Morgan fingerprint density at radius 1 is 1.08 bits per heavy atom. The number of hydrogen-bond acceptors (Lipinski definition) is 5. The van der Waals surface area contributed by atoms with Crippen LogP contribution in [0.5, 0.6) is 0 Å². The van der Waals surface area contributed by atoms with Crippen LogP contribution in [0.1, 0.15) is 69.4 Å². The Morgan fingerprint density at radius 3 is 2.68 bits per heavy atom. The Balaban J connectivity index is 1.49. The summed E-state index contributed by atoms with van der Waals surface area (Å²) in [6.45, 7) is 2.04. The molecule has 0 atom stereocenters. The lowest BCUT2D eigenvalue weighted by atomic mass is 9.91. The molecule has 0 fully saturated rings. The maximum atomic E-state index is 12.9. The molecule has 188 valence electrons. The Kier molecular flexibility index (Phi) is 6.72. The van der Waals surface area contributed by atoms with Crippen LogP contribution in [0.4, 0.5) is 11.4 Å². The second kappa shape index (κ2) is 10.3. The fraction of sp³-hybridized carbons (Fsp3) is 0.241. The molecule has 1 aromatic heterocycles. The second-order valence-electron chi connectivity index (χ2n) is 9.05. The lowest BCUT2D eigenvalue weighted by Crippen LogP contribution is -2.12. The summed E-state index contributed by atoms with van der Waals surface area (Å²) in [7, 11) is 0. The molecule has 0 radical (unpaired) electrons. The van der Waals surface area contributed by atoms with Gasteiger partial charge in [-0.3, -0.25) is 19.2 Å². The number of H-pyrrole nitrogens is 1. The lowest BCUT2D eigenvalue weighted by Gasteiger charge is -2.11. The number of esters is 1. The highest BCUT2D eigenvalue weighted by atomic mass is 16.5. The first-order valence-corrected chi connectivity index (χ1v) is 12.4. The molecule has 8 heteroatoms. The van der Waals surface area contributed by atoms with Gasteiger partial charge >= 0.3 is 5.97 Å². The molecule has 0 saturated heterocycles. The summed E-state index contributed by atoms with van der Waals surface area (Å²) in [5, 5.41) is 5.74. The summed E-state index contributed by atoms with van der Waals surface area (Å²) in [6.07, 6.45) is 4.15. The number of anilines is 2. The Labute approximate surface area is 214 Å². The van der Waals surface area contributed by atoms with E-state index in [4.69, 9.17) is 4.74 Å². The van der Waals surface area contributed by atoms with E-state index in [-0.39, 0.29) is 30.0 Å². The van der Waals surface area contributed by atoms with Crippen molar-refractivity contribution in [3.63, 3.8) is 0 Å². The van der Waals surface area contributed by atoms with E-state index in [1.807, 2.05) is 6.07 Å². The third kappa shape index (κ3) is 4.95. The van der Waals surface area contributed by atoms with Gasteiger partial charge in [-0.15, -0.1) is 0 Å². The summed E-state index contributed by atoms with van der Waals surface area (Å²) in [5.74, 6) is -0.817. The number of Topliss-reactive ketones (excluding diaryl/α,β-unsaturated/α-hetero) is 1. The number of carbonyl (C=O) groups excluding carboxylic acids is 4. The third-order valence-corrected chi connectivity index (χ3v) is 6.59. The number of aryl methyl sites for hydroxylation is 1. The van der Waals surface area contributed by atoms with Gasteiger partial charge in [-0.2, -0.15) is 0 Å². The summed E-state index contributed by atoms with van der Waals surface area (Å²) < 4.78 is 5.08. The largest absolute Gasteiger partial charge is 0.466 e. The van der Waals surface area contributed by atoms with Gasteiger partial charge in [0.05, 0.1) is 12.2 Å². The average molecular weight is 498 g/mol. The number of aromatic amines is 1. The maximum absolute atomic E-state index is 12.9. The number of amides is 2. The smallest absolute Gasteiger partial charge is 0.306 e. The van der Waals surface area contributed by atoms with Crippen molar-refractivity contribution < 1.29 is 23.9 Å². The Bertz CT molecular complexity index is 1440. The van der Waals surface area contributed by atoms with Crippen LogP contribution in [-0.2, 0) is 27.2 Å². The topological polar surface area (TPSA) is 117 Å². The van der Waals surface area contributed by atoms with Crippen LogP contribution in [0.25, 0.3) is 11.6 Å². The predicted molar refractivity (Wildman–Crippen MR) is 140 cm³/mol. The number of rotatable bonds is 7. The standard InChI is InChI=1S/C29H27N3O5/c1-2-37-26(34)14-12-19-24(31-23-9-6-10-25(33)27(19)23)16-21-20-15-18(11-13-22(20)32-29(21)36)30-28(35)17-7-4-3-5-8-17/h3-5,7-8,11,13,15-16,31H,2,6,9-10,12,14H2,1H3,(H,30,35)(H,32,36)/b21-16-. The van der Waals surface area contributed by atoms with Crippen molar-refractivity contribution in [3.8, 4) is 0 Å². The number of benzene rings is 2. The third-order valence-electron chi connectivity index (χ3n) is 6.59. The summed E-state index contributed by atoms with van der Waals surface area (Å²) >= 11 is 0. The SMILES string of the molecule is CCOC(=O)CCc1c(/C=C2\C(=O)Nc3ccc(NC(=O)c4ccccc4)cc32)[nH]c2c1C(=O)CCC2. The number of fused-ring (bicyclic) bond motifs is 2. The second-order valence-corrected chi connectivity index (χ2v) is 9.05. The van der Waals surface area contributed by atoms with E-state index in [0.717, 1.165) is 24.1 Å². The van der Waals surface area contributed by atoms with Crippen molar-refractivity contribution in [2.45, 2.75) is 39.0 Å². The number of carbonyl (C=O) groups is 4.